The second-order valence-corrected chi connectivity index (χ2v) is 16.9. The maximum absolute atomic E-state index is 14.0. The monoisotopic (exact) mass is 676 g/mol. The average molecular weight is 677 g/mol. The van der Waals surface area contributed by atoms with Gasteiger partial charge in [0.15, 0.2) is 0 Å². The zero-order chi connectivity index (χ0) is 33.2. The van der Waals surface area contributed by atoms with Crippen LogP contribution in [-0.4, -0.2) is 91.2 Å². The predicted octanol–water partition coefficient (Wildman–Crippen LogP) is 3.48. The van der Waals surface area contributed by atoms with E-state index in [9.17, 15) is 18.0 Å². The smallest absolute Gasteiger partial charge is 0.322 e. The van der Waals surface area contributed by atoms with Crippen LogP contribution in [0.25, 0.3) is 0 Å². The van der Waals surface area contributed by atoms with E-state index in [-0.39, 0.29) is 40.9 Å². The third-order valence-electron chi connectivity index (χ3n) is 11.7. The molecule has 3 N–H and O–H groups in total. The number of pyridine rings is 1. The quantitative estimate of drug-likeness (QED) is 0.182. The van der Waals surface area contributed by atoms with Crippen molar-refractivity contribution in [3.05, 3.63) is 42.6 Å². The highest BCUT2D eigenvalue weighted by Crippen LogP contribution is 2.60. The van der Waals surface area contributed by atoms with Crippen LogP contribution in [0.2, 0.25) is 0 Å². The van der Waals surface area contributed by atoms with E-state index >= 15 is 0 Å². The Kier molecular flexibility index (Phi) is 7.78. The number of anilines is 4. The fraction of sp³-hybridized carbons (Fsp3) is 0.588. The topological polar surface area (TPSA) is 151 Å². The highest BCUT2D eigenvalue weighted by molar-refractivity contribution is 7.90. The summed E-state index contributed by atoms with van der Waals surface area (Å²) in [6, 6.07) is 11.9. The van der Waals surface area contributed by atoms with Gasteiger partial charge in [-0.05, 0) is 93.9 Å². The van der Waals surface area contributed by atoms with Gasteiger partial charge in [0.25, 0.3) is 0 Å². The van der Waals surface area contributed by atoms with Gasteiger partial charge in [0.2, 0.25) is 15.9 Å². The van der Waals surface area contributed by atoms with E-state index in [0.29, 0.717) is 45.2 Å². The lowest BCUT2D eigenvalue weighted by Gasteiger charge is -2.59. The normalized spacial score (nSPS) is 30.3. The molecule has 0 spiro atoms. The van der Waals surface area contributed by atoms with Crippen LogP contribution >= 0.6 is 0 Å². The number of sulfonamides is 1. The molecule has 14 heteroatoms. The Hall–Kier alpha value is -3.91. The molecule has 1 aromatic carbocycles. The molecule has 2 aliphatic heterocycles. The number of hydrogen-bond acceptors (Lipinski definition) is 9. The summed E-state index contributed by atoms with van der Waals surface area (Å²) >= 11 is 0. The third-order valence-corrected chi connectivity index (χ3v) is 14.1. The molecule has 5 aliphatic carbocycles. The summed E-state index contributed by atoms with van der Waals surface area (Å²) in [4.78, 5) is 38.2. The lowest BCUT2D eigenvalue weighted by atomic mass is 9.47. The van der Waals surface area contributed by atoms with E-state index < -0.39 is 15.4 Å². The number of rotatable bonds is 6. The van der Waals surface area contributed by atoms with Crippen LogP contribution in [-0.2, 0) is 14.8 Å². The molecule has 2 unspecified atom stereocenters. The standard InChI is InChI=1S/C34H44N8O5S/c1-22(38-45)36-32(43)34-18-23-16-24(19-34)31(25(17-23)20-34)37-33(44)42-15-14-41(28-4-2-3-5-29(28)42)30-9-6-26(21-35-30)39-10-12-40(13-11-39)48(46,47)27-7-8-27/h2-6,9,21,23-25,27,31,45H,7-8,10-20H2,1H3,(H,37,44)(H,36,38,43). The first kappa shape index (κ1) is 31.4. The van der Waals surface area contributed by atoms with Crippen LogP contribution < -0.4 is 25.3 Å². The molecule has 2 aromatic rings. The zero-order valence-electron chi connectivity index (χ0n) is 27.3. The number of carbonyl (C=O) groups excluding carboxylic acids is 2. The van der Waals surface area contributed by atoms with E-state index in [2.05, 4.69) is 25.6 Å². The van der Waals surface area contributed by atoms with Crippen molar-refractivity contribution >= 4 is 50.7 Å². The van der Waals surface area contributed by atoms with Crippen molar-refractivity contribution in [2.24, 2.45) is 28.3 Å². The number of nitrogens with zero attached hydrogens (tertiary/aromatic N) is 6. The number of fused-ring (bicyclic) bond motifs is 1. The number of amidine groups is 1. The fourth-order valence-corrected chi connectivity index (χ4v) is 11.2. The second kappa shape index (κ2) is 11.9. The molecule has 4 bridgehead atoms. The molecule has 9 rings (SSSR count). The number of nitrogens with one attached hydrogen (secondary N) is 2. The van der Waals surface area contributed by atoms with Crippen LogP contribution in [0.3, 0.4) is 0 Å². The minimum atomic E-state index is -3.15. The van der Waals surface area contributed by atoms with Crippen molar-refractivity contribution in [3.8, 4) is 0 Å². The molecule has 6 fully saturated rings. The molecule has 3 amide bonds. The number of carbonyl (C=O) groups is 2. The Morgan fingerprint density at radius 1 is 0.938 bits per heavy atom. The largest absolute Gasteiger partial charge is 0.409 e. The molecule has 2 atom stereocenters. The number of urea groups is 1. The molecular weight excluding hydrogens is 632 g/mol. The summed E-state index contributed by atoms with van der Waals surface area (Å²) in [5.74, 6) is 1.90. The van der Waals surface area contributed by atoms with Gasteiger partial charge in [-0.15, -0.1) is 0 Å². The van der Waals surface area contributed by atoms with Crippen molar-refractivity contribution in [2.45, 2.75) is 63.2 Å². The van der Waals surface area contributed by atoms with E-state index in [4.69, 9.17) is 10.2 Å². The van der Waals surface area contributed by atoms with Gasteiger partial charge in [-0.25, -0.2) is 18.2 Å². The maximum Gasteiger partial charge on any atom is 0.322 e. The lowest BCUT2D eigenvalue weighted by molar-refractivity contribution is -0.147. The highest BCUT2D eigenvalue weighted by Gasteiger charge is 2.59. The van der Waals surface area contributed by atoms with Gasteiger partial charge >= 0.3 is 6.03 Å². The van der Waals surface area contributed by atoms with Crippen molar-refractivity contribution in [1.82, 2.24) is 19.9 Å². The van der Waals surface area contributed by atoms with Crippen molar-refractivity contribution in [1.29, 1.82) is 0 Å². The summed E-state index contributed by atoms with van der Waals surface area (Å²) in [6.45, 7) is 4.94. The lowest BCUT2D eigenvalue weighted by Crippen LogP contribution is -2.64. The van der Waals surface area contributed by atoms with Crippen molar-refractivity contribution < 1.29 is 23.2 Å². The summed E-state index contributed by atoms with van der Waals surface area (Å²) < 4.78 is 26.9. The number of piperazine rings is 1. The number of amides is 3. The maximum atomic E-state index is 14.0. The summed E-state index contributed by atoms with van der Waals surface area (Å²) in [7, 11) is -3.15. The first-order valence-corrected chi connectivity index (χ1v) is 18.8. The van der Waals surface area contributed by atoms with Gasteiger partial charge in [-0.1, -0.05) is 17.3 Å². The van der Waals surface area contributed by atoms with Crippen LogP contribution in [0, 0.1) is 23.2 Å². The van der Waals surface area contributed by atoms with Gasteiger partial charge in [0.05, 0.1) is 33.9 Å². The average Bonchev–Trinajstić information content (AvgIpc) is 3.96. The molecule has 48 heavy (non-hydrogen) atoms. The summed E-state index contributed by atoms with van der Waals surface area (Å²) in [6.07, 6.45) is 7.78. The molecule has 0 radical (unpaired) electrons. The molecular formula is C34H44N8O5S. The number of hydrogen-bond donors (Lipinski definition) is 3. The predicted molar refractivity (Wildman–Crippen MR) is 182 cm³/mol. The molecule has 1 saturated heterocycles. The Labute approximate surface area is 281 Å². The third kappa shape index (κ3) is 5.46. The molecule has 256 valence electrons. The molecule has 3 heterocycles. The number of oxime groups is 1. The van der Waals surface area contributed by atoms with Crippen LogP contribution in [0.1, 0.15) is 51.9 Å². The SMILES string of the molecule is CC(=NO)NC(=O)C12CC3CC(C1)C(NC(=O)N1CCN(c4ccc(N5CCN(S(=O)(=O)C6CC6)CC5)cn4)c4ccccc41)C(C3)C2. The van der Waals surface area contributed by atoms with Crippen LogP contribution in [0.4, 0.5) is 27.7 Å². The van der Waals surface area contributed by atoms with Crippen molar-refractivity contribution in [3.63, 3.8) is 0 Å². The number of aromatic nitrogens is 1. The summed E-state index contributed by atoms with van der Waals surface area (Å²) in [5.41, 5.74) is 2.26. The Bertz CT molecular complexity index is 1710. The van der Waals surface area contributed by atoms with Gasteiger partial charge in [0.1, 0.15) is 11.7 Å². The van der Waals surface area contributed by atoms with Gasteiger partial charge < -0.3 is 25.6 Å². The number of para-hydroxylation sites is 2. The minimum absolute atomic E-state index is 0.0256. The van der Waals surface area contributed by atoms with E-state index in [0.717, 1.165) is 67.8 Å². The molecule has 13 nitrogen and oxygen atoms in total. The zero-order valence-corrected chi connectivity index (χ0v) is 28.1. The molecule has 1 aromatic heterocycles. The first-order valence-electron chi connectivity index (χ1n) is 17.3. The number of benzene rings is 1. The fourth-order valence-electron chi connectivity index (χ4n) is 9.39. The molecule has 7 aliphatic rings. The van der Waals surface area contributed by atoms with E-state index in [1.807, 2.05) is 47.5 Å². The highest BCUT2D eigenvalue weighted by atomic mass is 32.2. The van der Waals surface area contributed by atoms with Gasteiger partial charge in [-0.3, -0.25) is 9.69 Å². The Morgan fingerprint density at radius 3 is 2.29 bits per heavy atom. The second-order valence-electron chi connectivity index (χ2n) is 14.7. The molecule has 5 saturated carbocycles. The minimum Gasteiger partial charge on any atom is -0.409 e. The van der Waals surface area contributed by atoms with E-state index in [1.54, 1.807) is 11.2 Å². The van der Waals surface area contributed by atoms with Crippen LogP contribution in [0.5, 0.6) is 0 Å². The van der Waals surface area contributed by atoms with Gasteiger partial charge in [-0.2, -0.15) is 4.31 Å². The van der Waals surface area contributed by atoms with Gasteiger partial charge in [0, 0.05) is 45.3 Å². The first-order chi connectivity index (χ1) is 23.1. The Balaban J connectivity index is 0.931. The van der Waals surface area contributed by atoms with Crippen molar-refractivity contribution in [2.75, 3.05) is 54.0 Å². The Morgan fingerprint density at radius 2 is 1.65 bits per heavy atom. The summed E-state index contributed by atoms with van der Waals surface area (Å²) in [5, 5.41) is 18.2. The van der Waals surface area contributed by atoms with Crippen LogP contribution in [0.15, 0.2) is 47.8 Å². The van der Waals surface area contributed by atoms with E-state index in [1.165, 1.54) is 0 Å².